The molecule has 3 fully saturated rings. The van der Waals surface area contributed by atoms with Crippen LogP contribution in [0, 0.1) is 24.6 Å². The van der Waals surface area contributed by atoms with Gasteiger partial charge in [0.1, 0.15) is 11.9 Å². The SMILES string of the molecule is Cc1ccc(C(=O)N2C(C(N)=O)CC3CC32[C@@H](c2ccc(C(F)(F)F)cc2F)C2COC2)cc1S(C)(=O)=O. The maximum Gasteiger partial charge on any atom is 0.416 e. The summed E-state index contributed by atoms with van der Waals surface area (Å²) in [7, 11) is -3.67. The smallest absolute Gasteiger partial charge is 0.381 e. The molecule has 2 amide bonds. The quantitative estimate of drug-likeness (QED) is 0.551. The number of halogens is 4. The van der Waals surface area contributed by atoms with Gasteiger partial charge in [0, 0.05) is 23.7 Å². The van der Waals surface area contributed by atoms with Gasteiger partial charge in [0.25, 0.3) is 5.91 Å². The molecule has 3 unspecified atom stereocenters. The first-order valence-corrected chi connectivity index (χ1v) is 13.9. The molecule has 2 heterocycles. The lowest BCUT2D eigenvalue weighted by Crippen LogP contribution is -2.55. The van der Waals surface area contributed by atoms with E-state index in [1.165, 1.54) is 23.1 Å². The number of alkyl halides is 3. The van der Waals surface area contributed by atoms with E-state index < -0.39 is 56.7 Å². The number of fused-ring (bicyclic) bond motifs is 1. The van der Waals surface area contributed by atoms with Crippen molar-refractivity contribution in [3.05, 3.63) is 64.5 Å². The zero-order valence-electron chi connectivity index (χ0n) is 20.6. The summed E-state index contributed by atoms with van der Waals surface area (Å²) >= 11 is 0. The van der Waals surface area contributed by atoms with Crippen LogP contribution in [-0.4, -0.2) is 56.2 Å². The van der Waals surface area contributed by atoms with Crippen LogP contribution >= 0.6 is 0 Å². The third-order valence-corrected chi connectivity index (χ3v) is 9.35. The fourth-order valence-corrected chi connectivity index (χ4v) is 7.29. The zero-order valence-corrected chi connectivity index (χ0v) is 21.4. The first kappa shape index (κ1) is 26.6. The second kappa shape index (κ2) is 8.77. The minimum absolute atomic E-state index is 0.0115. The summed E-state index contributed by atoms with van der Waals surface area (Å²) in [6, 6.07) is 5.50. The highest BCUT2D eigenvalue weighted by Crippen LogP contribution is 2.67. The van der Waals surface area contributed by atoms with E-state index in [9.17, 15) is 31.2 Å². The second-order valence-corrected chi connectivity index (χ2v) is 12.5. The van der Waals surface area contributed by atoms with Crippen molar-refractivity contribution in [1.29, 1.82) is 0 Å². The number of primary amides is 1. The van der Waals surface area contributed by atoms with E-state index in [0.717, 1.165) is 18.4 Å². The van der Waals surface area contributed by atoms with Crippen molar-refractivity contribution in [1.82, 2.24) is 4.90 Å². The van der Waals surface area contributed by atoms with E-state index in [1.54, 1.807) is 6.92 Å². The minimum atomic E-state index is -4.73. The number of nitrogens with two attached hydrogens (primary N) is 1. The van der Waals surface area contributed by atoms with Gasteiger partial charge in [-0.05, 0) is 61.1 Å². The maximum atomic E-state index is 15.3. The number of nitrogens with zero attached hydrogens (tertiary/aromatic N) is 1. The van der Waals surface area contributed by atoms with Gasteiger partial charge >= 0.3 is 6.18 Å². The Bertz CT molecular complexity index is 1440. The van der Waals surface area contributed by atoms with Crippen LogP contribution in [0.15, 0.2) is 41.3 Å². The molecule has 0 spiro atoms. The normalized spacial score (nSPS) is 26.0. The van der Waals surface area contributed by atoms with Crippen LogP contribution in [-0.2, 0) is 25.5 Å². The van der Waals surface area contributed by atoms with E-state index in [4.69, 9.17) is 10.5 Å². The number of likely N-dealkylation sites (tertiary alicyclic amines) is 1. The zero-order chi connectivity index (χ0) is 27.8. The van der Waals surface area contributed by atoms with Crippen LogP contribution in [0.2, 0.25) is 0 Å². The predicted molar refractivity (Wildman–Crippen MR) is 127 cm³/mol. The Kier molecular flexibility index (Phi) is 6.14. The Morgan fingerprint density at radius 1 is 1.16 bits per heavy atom. The topological polar surface area (TPSA) is 107 Å². The number of carbonyl (C=O) groups is 2. The highest BCUT2D eigenvalue weighted by atomic mass is 32.2. The van der Waals surface area contributed by atoms with Crippen LogP contribution in [0.5, 0.6) is 0 Å². The molecule has 4 atom stereocenters. The van der Waals surface area contributed by atoms with Gasteiger partial charge in [0.05, 0.1) is 29.2 Å². The number of rotatable bonds is 6. The lowest BCUT2D eigenvalue weighted by Gasteiger charge is -2.44. The fraction of sp³-hybridized carbons (Fsp3) is 0.462. The summed E-state index contributed by atoms with van der Waals surface area (Å²) in [5.41, 5.74) is 3.93. The van der Waals surface area contributed by atoms with E-state index in [-0.39, 0.29) is 47.5 Å². The second-order valence-electron chi connectivity index (χ2n) is 10.5. The van der Waals surface area contributed by atoms with Crippen molar-refractivity contribution in [2.75, 3.05) is 19.5 Å². The Hall–Kier alpha value is -2.99. The number of ether oxygens (including phenoxy) is 1. The summed E-state index contributed by atoms with van der Waals surface area (Å²) in [5.74, 6) is -3.76. The molecule has 204 valence electrons. The number of carbonyl (C=O) groups excluding carboxylic acids is 2. The van der Waals surface area contributed by atoms with Crippen LogP contribution in [0.3, 0.4) is 0 Å². The molecule has 2 N–H and O–H groups in total. The van der Waals surface area contributed by atoms with Crippen molar-refractivity contribution >= 4 is 21.7 Å². The first-order chi connectivity index (χ1) is 17.7. The molecule has 3 aliphatic rings. The molecule has 38 heavy (non-hydrogen) atoms. The highest BCUT2D eigenvalue weighted by molar-refractivity contribution is 7.90. The van der Waals surface area contributed by atoms with Crippen molar-refractivity contribution < 1.29 is 40.3 Å². The number of benzene rings is 2. The molecule has 7 nitrogen and oxygen atoms in total. The van der Waals surface area contributed by atoms with Crippen LogP contribution < -0.4 is 5.73 Å². The maximum absolute atomic E-state index is 15.3. The number of sulfone groups is 1. The molecule has 2 aromatic rings. The van der Waals surface area contributed by atoms with Gasteiger partial charge in [-0.15, -0.1) is 0 Å². The molecular formula is C26H26F4N2O5S. The van der Waals surface area contributed by atoms with Gasteiger partial charge < -0.3 is 15.4 Å². The molecule has 12 heteroatoms. The summed E-state index contributed by atoms with van der Waals surface area (Å²) in [5, 5.41) is 0. The largest absolute Gasteiger partial charge is 0.416 e. The Balaban J connectivity index is 1.63. The Morgan fingerprint density at radius 2 is 1.84 bits per heavy atom. The van der Waals surface area contributed by atoms with Gasteiger partial charge in [-0.25, -0.2) is 12.8 Å². The van der Waals surface area contributed by atoms with E-state index >= 15 is 4.39 Å². The number of hydrogen-bond donors (Lipinski definition) is 1. The van der Waals surface area contributed by atoms with Crippen molar-refractivity contribution in [3.8, 4) is 0 Å². The summed E-state index contributed by atoms with van der Waals surface area (Å²) in [6.45, 7) is 2.02. The van der Waals surface area contributed by atoms with Gasteiger partial charge in [0.15, 0.2) is 9.84 Å². The number of piperidine rings is 1. The highest BCUT2D eigenvalue weighted by Gasteiger charge is 2.72. The molecule has 0 aromatic heterocycles. The van der Waals surface area contributed by atoms with Crippen molar-refractivity contribution in [2.45, 2.75) is 48.3 Å². The average Bonchev–Trinajstić information content (AvgIpc) is 3.39. The minimum Gasteiger partial charge on any atom is -0.381 e. The molecule has 0 radical (unpaired) electrons. The summed E-state index contributed by atoms with van der Waals surface area (Å²) in [6.07, 6.45) is -3.10. The summed E-state index contributed by atoms with van der Waals surface area (Å²) < 4.78 is 84.9. The van der Waals surface area contributed by atoms with Crippen LogP contribution in [0.1, 0.15) is 45.8 Å². The number of amides is 2. The molecule has 2 aromatic carbocycles. The summed E-state index contributed by atoms with van der Waals surface area (Å²) in [4.78, 5) is 27.7. The standard InChI is InChI=1S/C26H26F4N2O5S/c1-13-3-4-14(7-21(13)38(2,35)36)24(34)32-20(23(31)33)9-17-10-25(17,32)22(15-11-37-12-15)18-6-5-16(8-19(18)27)26(28,29)30/h3-8,15,17,20,22H,9-12H2,1-2H3,(H2,31,33)/t17?,20?,22-,25?/m1/s1. The molecule has 1 saturated carbocycles. The first-order valence-electron chi connectivity index (χ1n) is 12.0. The molecule has 2 saturated heterocycles. The lowest BCUT2D eigenvalue weighted by atomic mass is 9.76. The number of aryl methyl sites for hydroxylation is 1. The molecule has 2 aliphatic heterocycles. The Labute approximate surface area is 216 Å². The molecular weight excluding hydrogens is 528 g/mol. The van der Waals surface area contributed by atoms with E-state index in [0.29, 0.717) is 18.1 Å². The van der Waals surface area contributed by atoms with Gasteiger partial charge in [-0.2, -0.15) is 13.2 Å². The van der Waals surface area contributed by atoms with Gasteiger partial charge in [0.2, 0.25) is 5.91 Å². The van der Waals surface area contributed by atoms with Gasteiger partial charge in [-0.1, -0.05) is 12.1 Å². The molecule has 0 bridgehead atoms. The Morgan fingerprint density at radius 3 is 2.37 bits per heavy atom. The van der Waals surface area contributed by atoms with E-state index in [2.05, 4.69) is 0 Å². The fourth-order valence-electron chi connectivity index (χ4n) is 6.29. The van der Waals surface area contributed by atoms with Crippen LogP contribution in [0.25, 0.3) is 0 Å². The average molecular weight is 555 g/mol. The lowest BCUT2D eigenvalue weighted by molar-refractivity contribution is -0.137. The van der Waals surface area contributed by atoms with E-state index in [1.807, 2.05) is 0 Å². The number of hydrogen-bond acceptors (Lipinski definition) is 5. The third-order valence-electron chi connectivity index (χ3n) is 8.11. The van der Waals surface area contributed by atoms with Crippen molar-refractivity contribution in [3.63, 3.8) is 0 Å². The predicted octanol–water partition coefficient (Wildman–Crippen LogP) is 3.45. The third kappa shape index (κ3) is 4.17. The van der Waals surface area contributed by atoms with Crippen LogP contribution in [0.4, 0.5) is 17.6 Å². The van der Waals surface area contributed by atoms with Gasteiger partial charge in [-0.3, -0.25) is 9.59 Å². The molecule has 1 aliphatic carbocycles. The monoisotopic (exact) mass is 554 g/mol. The molecule has 5 rings (SSSR count). The van der Waals surface area contributed by atoms with Crippen molar-refractivity contribution in [2.24, 2.45) is 17.6 Å².